The number of nitrogens with one attached hydrogen (secondary N) is 2. The highest BCUT2D eigenvalue weighted by Gasteiger charge is 2.25. The molecule has 1 fully saturated rings. The van der Waals surface area contributed by atoms with Gasteiger partial charge in [-0.1, -0.05) is 18.2 Å². The number of aryl methyl sites for hydroxylation is 1. The number of hydrogen-bond acceptors (Lipinski definition) is 4. The number of amides is 1. The van der Waals surface area contributed by atoms with Crippen molar-refractivity contribution in [1.29, 1.82) is 0 Å². The molecule has 0 bridgehead atoms. The number of hydrogen-bond donors (Lipinski definition) is 3. The molecule has 1 amide bonds. The minimum absolute atomic E-state index is 0. The van der Waals surface area contributed by atoms with Crippen molar-refractivity contribution < 1.29 is 9.90 Å². The zero-order chi connectivity index (χ0) is 15.5. The van der Waals surface area contributed by atoms with Gasteiger partial charge < -0.3 is 15.7 Å². The largest absolute Gasteiger partial charge is 0.391 e. The van der Waals surface area contributed by atoms with Crippen LogP contribution in [0.2, 0.25) is 0 Å². The van der Waals surface area contributed by atoms with Crippen LogP contribution in [0.25, 0.3) is 5.69 Å². The van der Waals surface area contributed by atoms with E-state index in [1.165, 1.54) is 0 Å². The Kier molecular flexibility index (Phi) is 5.76. The molecule has 23 heavy (non-hydrogen) atoms. The van der Waals surface area contributed by atoms with E-state index in [1.54, 1.807) is 10.9 Å². The second-order valence-corrected chi connectivity index (χ2v) is 5.60. The number of aliphatic hydroxyl groups excluding tert-OH is 1. The molecule has 7 heteroatoms. The summed E-state index contributed by atoms with van der Waals surface area (Å²) in [5.41, 5.74) is 2.16. The Balaban J connectivity index is 0.00000192. The summed E-state index contributed by atoms with van der Waals surface area (Å²) < 4.78 is 1.70. The maximum absolute atomic E-state index is 12.3. The van der Waals surface area contributed by atoms with E-state index >= 15 is 0 Å². The lowest BCUT2D eigenvalue weighted by atomic mass is 10.1. The fourth-order valence-corrected chi connectivity index (χ4v) is 2.64. The van der Waals surface area contributed by atoms with E-state index in [1.807, 2.05) is 37.3 Å². The number of halogens is 1. The monoisotopic (exact) mass is 336 g/mol. The number of β-amino-alcohol motifs (C(OH)–C–C–N with tert-alkyl or cyclic N) is 1. The Hall–Kier alpha value is -1.89. The predicted octanol–water partition coefficient (Wildman–Crippen LogP) is 0.913. The Morgan fingerprint density at radius 3 is 2.78 bits per heavy atom. The fourth-order valence-electron chi connectivity index (χ4n) is 2.64. The molecule has 1 saturated heterocycles. The molecule has 0 saturated carbocycles. The van der Waals surface area contributed by atoms with Gasteiger partial charge >= 0.3 is 0 Å². The van der Waals surface area contributed by atoms with Gasteiger partial charge in [0.25, 0.3) is 5.91 Å². The van der Waals surface area contributed by atoms with Crippen LogP contribution in [0.5, 0.6) is 0 Å². The Morgan fingerprint density at radius 2 is 2.13 bits per heavy atom. The first-order valence-corrected chi connectivity index (χ1v) is 7.44. The first kappa shape index (κ1) is 17.5. The number of aromatic nitrogens is 2. The summed E-state index contributed by atoms with van der Waals surface area (Å²) >= 11 is 0. The lowest BCUT2D eigenvalue weighted by Gasteiger charge is -2.13. The topological polar surface area (TPSA) is 79.2 Å². The van der Waals surface area contributed by atoms with Gasteiger partial charge in [0.2, 0.25) is 0 Å². The molecule has 6 nitrogen and oxygen atoms in total. The van der Waals surface area contributed by atoms with E-state index in [0.29, 0.717) is 24.3 Å². The highest BCUT2D eigenvalue weighted by molar-refractivity contribution is 5.95. The molecule has 124 valence electrons. The van der Waals surface area contributed by atoms with Crippen LogP contribution in [0.1, 0.15) is 16.1 Å². The first-order chi connectivity index (χ1) is 10.6. The molecule has 2 unspecified atom stereocenters. The van der Waals surface area contributed by atoms with Crippen LogP contribution in [0.3, 0.4) is 0 Å². The van der Waals surface area contributed by atoms with Gasteiger partial charge in [-0.3, -0.25) is 4.79 Å². The second-order valence-electron chi connectivity index (χ2n) is 5.60. The van der Waals surface area contributed by atoms with Crippen LogP contribution in [0.4, 0.5) is 0 Å². The van der Waals surface area contributed by atoms with Crippen molar-refractivity contribution in [3.63, 3.8) is 0 Å². The molecule has 3 N–H and O–H groups in total. The van der Waals surface area contributed by atoms with Gasteiger partial charge in [0, 0.05) is 31.7 Å². The minimum atomic E-state index is -0.395. The summed E-state index contributed by atoms with van der Waals surface area (Å²) in [7, 11) is 0. The van der Waals surface area contributed by atoms with Crippen molar-refractivity contribution in [3.8, 4) is 5.69 Å². The van der Waals surface area contributed by atoms with Gasteiger partial charge in [-0.15, -0.1) is 12.4 Å². The maximum Gasteiger partial charge on any atom is 0.254 e. The molecule has 0 radical (unpaired) electrons. The third-order valence-corrected chi connectivity index (χ3v) is 3.99. The predicted molar refractivity (Wildman–Crippen MR) is 90.2 cm³/mol. The summed E-state index contributed by atoms with van der Waals surface area (Å²) in [6, 6.07) is 9.68. The lowest BCUT2D eigenvalue weighted by molar-refractivity contribution is 0.0926. The molecule has 1 aliphatic rings. The van der Waals surface area contributed by atoms with Gasteiger partial charge in [0.15, 0.2) is 0 Å². The van der Waals surface area contributed by atoms with Gasteiger partial charge in [0.05, 0.1) is 23.0 Å². The third kappa shape index (κ3) is 3.90. The van der Waals surface area contributed by atoms with Gasteiger partial charge in [-0.05, 0) is 19.1 Å². The zero-order valence-electron chi connectivity index (χ0n) is 12.9. The quantitative estimate of drug-likeness (QED) is 0.775. The fraction of sp³-hybridized carbons (Fsp3) is 0.375. The van der Waals surface area contributed by atoms with E-state index < -0.39 is 6.10 Å². The first-order valence-electron chi connectivity index (χ1n) is 7.44. The number of benzene rings is 1. The minimum Gasteiger partial charge on any atom is -0.391 e. The molecule has 3 rings (SSSR count). The molecular weight excluding hydrogens is 316 g/mol. The van der Waals surface area contributed by atoms with Crippen LogP contribution < -0.4 is 10.6 Å². The van der Waals surface area contributed by atoms with Crippen molar-refractivity contribution in [2.24, 2.45) is 5.92 Å². The van der Waals surface area contributed by atoms with Crippen LogP contribution in [-0.4, -0.2) is 46.5 Å². The molecule has 0 spiro atoms. The molecular formula is C16H21ClN4O2. The van der Waals surface area contributed by atoms with Crippen molar-refractivity contribution in [2.75, 3.05) is 19.6 Å². The summed E-state index contributed by atoms with van der Waals surface area (Å²) in [6.45, 7) is 3.60. The average molecular weight is 337 g/mol. The summed E-state index contributed by atoms with van der Waals surface area (Å²) in [5, 5.41) is 20.1. The second kappa shape index (κ2) is 7.59. The number of nitrogens with zero attached hydrogens (tertiary/aromatic N) is 2. The van der Waals surface area contributed by atoms with Crippen LogP contribution in [-0.2, 0) is 0 Å². The van der Waals surface area contributed by atoms with Gasteiger partial charge in [-0.25, -0.2) is 4.68 Å². The van der Waals surface area contributed by atoms with Crippen molar-refractivity contribution in [1.82, 2.24) is 20.4 Å². The molecule has 1 aromatic carbocycles. The number of carbonyl (C=O) groups is 1. The van der Waals surface area contributed by atoms with E-state index in [2.05, 4.69) is 15.7 Å². The van der Waals surface area contributed by atoms with Gasteiger partial charge in [-0.2, -0.15) is 5.10 Å². The third-order valence-electron chi connectivity index (χ3n) is 3.99. The Labute approximate surface area is 141 Å². The standard InChI is InChI=1S/C16H20N4O2.ClH/c1-11-14(10-20(19-11)13-5-3-2-4-6-13)16(22)18-8-12-7-17-9-15(12)21;/h2-6,10,12,15,17,21H,7-9H2,1H3,(H,18,22);1H. The smallest absolute Gasteiger partial charge is 0.254 e. The maximum atomic E-state index is 12.3. The van der Waals surface area contributed by atoms with Gasteiger partial charge in [0.1, 0.15) is 0 Å². The molecule has 0 aliphatic carbocycles. The molecule has 2 heterocycles. The highest BCUT2D eigenvalue weighted by atomic mass is 35.5. The van der Waals surface area contributed by atoms with Crippen LogP contribution in [0.15, 0.2) is 36.5 Å². The molecule has 1 aromatic heterocycles. The summed E-state index contributed by atoms with van der Waals surface area (Å²) in [4.78, 5) is 12.3. The average Bonchev–Trinajstić information content (AvgIpc) is 3.12. The van der Waals surface area contributed by atoms with E-state index in [-0.39, 0.29) is 24.2 Å². The van der Waals surface area contributed by atoms with Crippen molar-refractivity contribution >= 4 is 18.3 Å². The van der Waals surface area contributed by atoms with Crippen molar-refractivity contribution in [3.05, 3.63) is 47.8 Å². The van der Waals surface area contributed by atoms with E-state index in [0.717, 1.165) is 12.2 Å². The summed E-state index contributed by atoms with van der Waals surface area (Å²) in [6.07, 6.45) is 1.34. The Bertz CT molecular complexity index is 659. The number of rotatable bonds is 4. The Morgan fingerprint density at radius 1 is 1.39 bits per heavy atom. The molecule has 2 aromatic rings. The number of para-hydroxylation sites is 1. The SMILES string of the molecule is Cc1nn(-c2ccccc2)cc1C(=O)NCC1CNCC1O.Cl. The normalized spacial score (nSPS) is 20.1. The van der Waals surface area contributed by atoms with Crippen LogP contribution >= 0.6 is 12.4 Å². The summed E-state index contributed by atoms with van der Waals surface area (Å²) in [5.74, 6) is -0.0906. The van der Waals surface area contributed by atoms with E-state index in [9.17, 15) is 9.90 Å². The lowest BCUT2D eigenvalue weighted by Crippen LogP contribution is -2.34. The van der Waals surface area contributed by atoms with Crippen molar-refractivity contribution in [2.45, 2.75) is 13.0 Å². The van der Waals surface area contributed by atoms with E-state index in [4.69, 9.17) is 0 Å². The van der Waals surface area contributed by atoms with Crippen LogP contribution in [0, 0.1) is 12.8 Å². The highest BCUT2D eigenvalue weighted by Crippen LogP contribution is 2.12. The number of carbonyl (C=O) groups excluding carboxylic acids is 1. The zero-order valence-corrected chi connectivity index (χ0v) is 13.7. The number of aliphatic hydroxyl groups is 1. The molecule has 2 atom stereocenters. The molecule has 1 aliphatic heterocycles.